The van der Waals surface area contributed by atoms with E-state index in [1.807, 2.05) is 0 Å². The van der Waals surface area contributed by atoms with E-state index in [-0.39, 0.29) is 19.2 Å². The Kier molecular flexibility index (Phi) is 12.4. The van der Waals surface area contributed by atoms with Gasteiger partial charge in [-0.05, 0) is 58.4 Å². The van der Waals surface area contributed by atoms with Crippen LogP contribution in [0.4, 0.5) is 26.7 Å². The Morgan fingerprint density at radius 1 is 1.15 bits per heavy atom. The van der Waals surface area contributed by atoms with Crippen molar-refractivity contribution in [3.8, 4) is 0 Å². The van der Waals surface area contributed by atoms with E-state index in [0.717, 1.165) is 24.8 Å². The van der Waals surface area contributed by atoms with E-state index in [9.17, 15) is 31.3 Å². The molecule has 10 nitrogen and oxygen atoms in total. The molecule has 3 rings (SSSR count). The monoisotopic (exact) mass is 713 g/mol. The number of benzene rings is 1. The van der Waals surface area contributed by atoms with Crippen LogP contribution >= 0.6 is 0 Å². The summed E-state index contributed by atoms with van der Waals surface area (Å²) < 4.78 is 104. The summed E-state index contributed by atoms with van der Waals surface area (Å²) in [6, 6.07) is 3.19. The molecule has 1 aliphatic heterocycles. The normalized spacial score (nSPS) is 18.4. The molecule has 0 radical (unpaired) electrons. The Bertz CT molecular complexity index is 1370. The van der Waals surface area contributed by atoms with Crippen molar-refractivity contribution >= 4 is 36.5 Å². The van der Waals surface area contributed by atoms with Crippen LogP contribution in [0.3, 0.4) is 0 Å². The van der Waals surface area contributed by atoms with Gasteiger partial charge in [-0.1, -0.05) is 25.7 Å². The first-order chi connectivity index (χ1) is 21.5. The molecule has 1 aromatic carbocycles. The van der Waals surface area contributed by atoms with Crippen LogP contribution in [0.25, 0.3) is 11.0 Å². The Labute approximate surface area is 277 Å². The van der Waals surface area contributed by atoms with Crippen molar-refractivity contribution in [1.82, 2.24) is 24.5 Å². The second kappa shape index (κ2) is 14.8. The van der Waals surface area contributed by atoms with E-state index < -0.39 is 79.7 Å². The minimum absolute atomic E-state index is 0.0130. The summed E-state index contributed by atoms with van der Waals surface area (Å²) in [5, 5.41) is 2.22. The maximum atomic E-state index is 14.3. The standard InChI is InChI=1S/C30H48F5N5O5SSi/c1-27(2,3)46(42)38-22(15-45-28(4,5)30(33,34)35)25-37-21-14-20(10-11-23(21)40(25)19-44-12-13-47(7,8)9)24(16-43-6)39-18-29(31,32)17-36-26(39)41/h10-11,14,22,24,38H,12-13,15-19H2,1-9H3,(H,36,41)/t22-,24+,46?/m0/s1. The Morgan fingerprint density at radius 3 is 2.38 bits per heavy atom. The third kappa shape index (κ3) is 10.5. The fourth-order valence-electron chi connectivity index (χ4n) is 4.61. The summed E-state index contributed by atoms with van der Waals surface area (Å²) in [6.07, 6.45) is -4.68. The van der Waals surface area contributed by atoms with Crippen LogP contribution in [0, 0.1) is 0 Å². The van der Waals surface area contributed by atoms with Gasteiger partial charge >= 0.3 is 12.2 Å². The second-order valence-electron chi connectivity index (χ2n) is 14.5. The lowest BCUT2D eigenvalue weighted by Gasteiger charge is -2.38. The van der Waals surface area contributed by atoms with Crippen LogP contribution in [0.1, 0.15) is 58.1 Å². The number of halogens is 5. The van der Waals surface area contributed by atoms with E-state index >= 15 is 0 Å². The van der Waals surface area contributed by atoms with Gasteiger partial charge in [-0.2, -0.15) is 13.2 Å². The zero-order valence-corrected chi connectivity index (χ0v) is 30.3. The second-order valence-corrected chi connectivity index (χ2v) is 22.1. The molecule has 0 saturated carbocycles. The van der Waals surface area contributed by atoms with Crippen LogP contribution in [-0.4, -0.2) is 95.6 Å². The third-order valence-electron chi connectivity index (χ3n) is 7.68. The lowest BCUT2D eigenvalue weighted by Crippen LogP contribution is -2.58. The Balaban J connectivity index is 2.12. The summed E-state index contributed by atoms with van der Waals surface area (Å²) in [7, 11) is -0.0618. The summed E-state index contributed by atoms with van der Waals surface area (Å²) in [6.45, 7) is 11.8. The number of urea groups is 1. The molecule has 3 atom stereocenters. The number of hydrogen-bond donors (Lipinski definition) is 2. The van der Waals surface area contributed by atoms with Crippen LogP contribution in [-0.2, 0) is 32.3 Å². The number of imidazole rings is 1. The van der Waals surface area contributed by atoms with Gasteiger partial charge < -0.3 is 33.5 Å². The molecule has 1 saturated heterocycles. The van der Waals surface area contributed by atoms with Crippen LogP contribution < -0.4 is 10.0 Å². The smallest absolute Gasteiger partial charge is 0.416 e. The topological polar surface area (TPSA) is 113 Å². The molecule has 1 fully saturated rings. The molecule has 1 aromatic heterocycles. The highest BCUT2D eigenvalue weighted by Crippen LogP contribution is 2.35. The highest BCUT2D eigenvalue weighted by atomic mass is 32.2. The number of alkyl halides is 5. The molecule has 47 heavy (non-hydrogen) atoms. The first kappa shape index (κ1) is 39.4. The minimum Gasteiger partial charge on any atom is -0.598 e. The van der Waals surface area contributed by atoms with Gasteiger partial charge in [-0.3, -0.25) is 0 Å². The predicted octanol–water partition coefficient (Wildman–Crippen LogP) is 6.15. The largest absolute Gasteiger partial charge is 0.598 e. The van der Waals surface area contributed by atoms with Crippen LogP contribution in [0.2, 0.25) is 25.7 Å². The zero-order valence-electron chi connectivity index (χ0n) is 28.5. The Hall–Kier alpha value is -2.02. The van der Waals surface area contributed by atoms with Crippen molar-refractivity contribution in [2.45, 2.75) is 102 Å². The van der Waals surface area contributed by atoms with E-state index in [2.05, 4.69) is 29.7 Å². The molecule has 2 N–H and O–H groups in total. The number of methoxy groups -OCH3 is 1. The molecule has 0 bridgehead atoms. The van der Waals surface area contributed by atoms with E-state index in [1.165, 1.54) is 7.11 Å². The summed E-state index contributed by atoms with van der Waals surface area (Å²) in [5.41, 5.74) is -1.16. The molecular weight excluding hydrogens is 666 g/mol. The Morgan fingerprint density at radius 2 is 1.81 bits per heavy atom. The lowest BCUT2D eigenvalue weighted by atomic mass is 10.0. The molecular formula is C30H48F5N5O5SSi. The number of hydrogen-bond acceptors (Lipinski definition) is 7. The summed E-state index contributed by atoms with van der Waals surface area (Å²) in [4.78, 5) is 18.4. The molecule has 0 aliphatic carbocycles. The molecule has 2 amide bonds. The number of carbonyl (C=O) groups is 1. The fraction of sp³-hybridized carbons (Fsp3) is 0.733. The molecule has 268 valence electrons. The maximum Gasteiger partial charge on any atom is 0.416 e. The van der Waals surface area contributed by atoms with Gasteiger partial charge in [0.05, 0.1) is 43.4 Å². The first-order valence-corrected chi connectivity index (χ1v) is 20.2. The highest BCUT2D eigenvalue weighted by molar-refractivity contribution is 7.90. The quantitative estimate of drug-likeness (QED) is 0.0987. The van der Waals surface area contributed by atoms with Gasteiger partial charge in [0.1, 0.15) is 23.3 Å². The van der Waals surface area contributed by atoms with Crippen LogP contribution in [0.5, 0.6) is 0 Å². The molecule has 2 heterocycles. The number of aromatic nitrogens is 2. The van der Waals surface area contributed by atoms with Crippen LogP contribution in [0.15, 0.2) is 18.2 Å². The van der Waals surface area contributed by atoms with Gasteiger partial charge in [0.25, 0.3) is 5.92 Å². The molecule has 17 heteroatoms. The van der Waals surface area contributed by atoms with Gasteiger partial charge in [0, 0.05) is 33.2 Å². The molecule has 1 unspecified atom stereocenters. The minimum atomic E-state index is -4.68. The maximum absolute atomic E-state index is 14.3. The van der Waals surface area contributed by atoms with Crippen molar-refractivity contribution in [3.63, 3.8) is 0 Å². The van der Waals surface area contributed by atoms with E-state index in [1.54, 1.807) is 43.5 Å². The first-order valence-electron chi connectivity index (χ1n) is 15.3. The molecule has 0 spiro atoms. The van der Waals surface area contributed by atoms with Gasteiger partial charge in [-0.15, -0.1) is 4.72 Å². The number of amides is 2. The van der Waals surface area contributed by atoms with Crippen molar-refractivity contribution in [2.75, 3.05) is 40.0 Å². The number of fused-ring (bicyclic) bond motifs is 1. The average Bonchev–Trinajstić information content (AvgIpc) is 3.29. The summed E-state index contributed by atoms with van der Waals surface area (Å²) >= 11 is -1.73. The van der Waals surface area contributed by atoms with Crippen molar-refractivity contribution in [1.29, 1.82) is 0 Å². The van der Waals surface area contributed by atoms with Crippen molar-refractivity contribution in [3.05, 3.63) is 29.6 Å². The number of rotatable bonds is 15. The number of ether oxygens (including phenoxy) is 3. The summed E-state index contributed by atoms with van der Waals surface area (Å²) in [5.74, 6) is -2.94. The number of carbonyl (C=O) groups excluding carboxylic acids is 1. The van der Waals surface area contributed by atoms with E-state index in [0.29, 0.717) is 23.2 Å². The van der Waals surface area contributed by atoms with Gasteiger partial charge in [0.2, 0.25) is 0 Å². The fourth-order valence-corrected chi connectivity index (χ4v) is 6.15. The third-order valence-corrected chi connectivity index (χ3v) is 11.0. The lowest BCUT2D eigenvalue weighted by molar-refractivity contribution is -0.265. The number of nitrogens with one attached hydrogen (secondary N) is 2. The van der Waals surface area contributed by atoms with Gasteiger partial charge in [0.15, 0.2) is 5.60 Å². The molecule has 2 aromatic rings. The number of nitrogens with zero attached hydrogens (tertiary/aromatic N) is 3. The van der Waals surface area contributed by atoms with E-state index in [4.69, 9.17) is 19.2 Å². The highest BCUT2D eigenvalue weighted by Gasteiger charge is 2.49. The molecule has 1 aliphatic rings. The van der Waals surface area contributed by atoms with Gasteiger partial charge in [-0.25, -0.2) is 18.6 Å². The van der Waals surface area contributed by atoms with Crippen molar-refractivity contribution < 1.29 is 45.5 Å². The SMILES string of the molecule is COC[C@H](c1ccc2c(c1)nc([C@H](COC(C)(C)C(F)(F)F)N[S+]([O-])C(C)(C)C)n2COCC[Si](C)(C)C)N1CC(F)(F)CNC1=O. The average molecular weight is 714 g/mol. The van der Waals surface area contributed by atoms with Crippen molar-refractivity contribution in [2.24, 2.45) is 0 Å². The zero-order chi connectivity index (χ0) is 35.6. The predicted molar refractivity (Wildman–Crippen MR) is 173 cm³/mol.